The van der Waals surface area contributed by atoms with E-state index in [0.29, 0.717) is 6.42 Å². The molecule has 3 rings (SSSR count). The van der Waals surface area contributed by atoms with Crippen molar-refractivity contribution in [3.8, 4) is 5.69 Å². The lowest BCUT2D eigenvalue weighted by Crippen LogP contribution is -2.26. The zero-order chi connectivity index (χ0) is 17.0. The number of rotatable bonds is 6. The van der Waals surface area contributed by atoms with Crippen LogP contribution in [0.4, 0.5) is 4.39 Å². The molecule has 1 aromatic heterocycles. The lowest BCUT2D eigenvalue weighted by molar-refractivity contribution is 0.557. The van der Waals surface area contributed by atoms with Gasteiger partial charge in [0.1, 0.15) is 10.7 Å². The van der Waals surface area contributed by atoms with Crippen molar-refractivity contribution in [2.45, 2.75) is 11.3 Å². The average Bonchev–Trinajstić information content (AvgIpc) is 3.05. The molecule has 1 N–H and O–H groups in total. The van der Waals surface area contributed by atoms with Crippen LogP contribution in [0.2, 0.25) is 0 Å². The summed E-state index contributed by atoms with van der Waals surface area (Å²) >= 11 is 0. The van der Waals surface area contributed by atoms with Gasteiger partial charge in [-0.2, -0.15) is 5.10 Å². The molecular formula is C17H16FN3O2S. The monoisotopic (exact) mass is 345 g/mol. The number of sulfonamides is 1. The number of hydrogen-bond donors (Lipinski definition) is 1. The molecular weight excluding hydrogens is 329 g/mol. The van der Waals surface area contributed by atoms with Crippen LogP contribution in [-0.4, -0.2) is 24.7 Å². The Morgan fingerprint density at radius 3 is 2.50 bits per heavy atom. The van der Waals surface area contributed by atoms with E-state index in [2.05, 4.69) is 9.82 Å². The number of benzene rings is 2. The molecule has 24 heavy (non-hydrogen) atoms. The van der Waals surface area contributed by atoms with Crippen LogP contribution in [0.15, 0.2) is 71.9 Å². The Hall–Kier alpha value is -2.51. The molecule has 0 saturated heterocycles. The number of nitrogens with one attached hydrogen (secondary N) is 1. The molecule has 5 nitrogen and oxygen atoms in total. The van der Waals surface area contributed by atoms with Crippen molar-refractivity contribution in [2.75, 3.05) is 6.54 Å². The maximum Gasteiger partial charge on any atom is 0.243 e. The molecule has 7 heteroatoms. The lowest BCUT2D eigenvalue weighted by Gasteiger charge is -2.06. The fourth-order valence-electron chi connectivity index (χ4n) is 2.28. The molecule has 3 aromatic rings. The number of para-hydroxylation sites is 1. The van der Waals surface area contributed by atoms with E-state index in [4.69, 9.17) is 0 Å². The summed E-state index contributed by atoms with van der Waals surface area (Å²) in [6.45, 7) is 0.164. The van der Waals surface area contributed by atoms with E-state index in [1.54, 1.807) is 10.9 Å². The van der Waals surface area contributed by atoms with Gasteiger partial charge in [0.05, 0.1) is 11.9 Å². The largest absolute Gasteiger partial charge is 0.243 e. The highest BCUT2D eigenvalue weighted by atomic mass is 32.2. The Balaban J connectivity index is 1.63. The van der Waals surface area contributed by atoms with Crippen molar-refractivity contribution in [2.24, 2.45) is 0 Å². The minimum Gasteiger partial charge on any atom is -0.241 e. The maximum atomic E-state index is 13.6. The third kappa shape index (κ3) is 3.69. The second kappa shape index (κ2) is 6.94. The van der Waals surface area contributed by atoms with E-state index in [9.17, 15) is 12.8 Å². The summed E-state index contributed by atoms with van der Waals surface area (Å²) in [4.78, 5) is -0.343. The third-order valence-corrected chi connectivity index (χ3v) is 4.98. The van der Waals surface area contributed by atoms with Crippen LogP contribution in [0.25, 0.3) is 5.69 Å². The zero-order valence-electron chi connectivity index (χ0n) is 12.8. The Labute approximate surface area is 139 Å². The van der Waals surface area contributed by atoms with Gasteiger partial charge in [-0.3, -0.25) is 0 Å². The van der Waals surface area contributed by atoms with Gasteiger partial charge >= 0.3 is 0 Å². The van der Waals surface area contributed by atoms with Crippen LogP contribution < -0.4 is 4.72 Å². The van der Waals surface area contributed by atoms with Gasteiger partial charge in [-0.1, -0.05) is 30.3 Å². The van der Waals surface area contributed by atoms with E-state index in [1.165, 1.54) is 18.2 Å². The molecule has 0 radical (unpaired) electrons. The highest BCUT2D eigenvalue weighted by Crippen LogP contribution is 2.13. The lowest BCUT2D eigenvalue weighted by atomic mass is 10.2. The van der Waals surface area contributed by atoms with Crippen LogP contribution in [0.1, 0.15) is 5.56 Å². The predicted octanol–water partition coefficient (Wildman–Crippen LogP) is 2.53. The minimum atomic E-state index is -3.86. The summed E-state index contributed by atoms with van der Waals surface area (Å²) < 4.78 is 41.9. The van der Waals surface area contributed by atoms with Gasteiger partial charge in [0.25, 0.3) is 0 Å². The van der Waals surface area contributed by atoms with Gasteiger partial charge in [-0.15, -0.1) is 0 Å². The van der Waals surface area contributed by atoms with E-state index in [0.717, 1.165) is 17.3 Å². The van der Waals surface area contributed by atoms with Crippen LogP contribution in [-0.2, 0) is 16.4 Å². The van der Waals surface area contributed by atoms with Gasteiger partial charge in [0.2, 0.25) is 10.0 Å². The Morgan fingerprint density at radius 2 is 1.75 bits per heavy atom. The number of halogens is 1. The van der Waals surface area contributed by atoms with Gasteiger partial charge < -0.3 is 0 Å². The molecule has 0 unspecified atom stereocenters. The van der Waals surface area contributed by atoms with Crippen molar-refractivity contribution < 1.29 is 12.8 Å². The first kappa shape index (κ1) is 16.4. The molecule has 0 saturated carbocycles. The van der Waals surface area contributed by atoms with E-state index in [1.807, 2.05) is 36.5 Å². The Kier molecular flexibility index (Phi) is 4.73. The highest BCUT2D eigenvalue weighted by molar-refractivity contribution is 7.89. The van der Waals surface area contributed by atoms with Gasteiger partial charge in [-0.25, -0.2) is 22.2 Å². The third-order valence-electron chi connectivity index (χ3n) is 3.49. The van der Waals surface area contributed by atoms with Gasteiger partial charge in [0.15, 0.2) is 0 Å². The molecule has 0 spiro atoms. The molecule has 0 fully saturated rings. The molecule has 1 heterocycles. The zero-order valence-corrected chi connectivity index (χ0v) is 13.6. The molecule has 0 bridgehead atoms. The van der Waals surface area contributed by atoms with Crippen LogP contribution in [0.5, 0.6) is 0 Å². The summed E-state index contributed by atoms with van der Waals surface area (Å²) in [5, 5.41) is 4.25. The van der Waals surface area contributed by atoms with Crippen molar-refractivity contribution in [3.63, 3.8) is 0 Å². The topological polar surface area (TPSA) is 64.0 Å². The Bertz CT molecular complexity index is 924. The average molecular weight is 345 g/mol. The summed E-state index contributed by atoms with van der Waals surface area (Å²) in [5.41, 5.74) is 1.81. The van der Waals surface area contributed by atoms with E-state index in [-0.39, 0.29) is 11.4 Å². The highest BCUT2D eigenvalue weighted by Gasteiger charge is 2.17. The standard InChI is InChI=1S/C17H16FN3O2S/c18-16-8-4-5-9-17(16)24(22,23)20-11-10-14-12-19-21(13-14)15-6-2-1-3-7-15/h1-9,12-13,20H,10-11H2. The van der Waals surface area contributed by atoms with Crippen molar-refractivity contribution in [1.29, 1.82) is 0 Å². The molecule has 124 valence electrons. The number of aromatic nitrogens is 2. The van der Waals surface area contributed by atoms with Crippen molar-refractivity contribution in [1.82, 2.24) is 14.5 Å². The first-order valence-corrected chi connectivity index (χ1v) is 8.88. The van der Waals surface area contributed by atoms with Gasteiger partial charge in [-0.05, 0) is 36.2 Å². The summed E-state index contributed by atoms with van der Waals surface area (Å²) in [7, 11) is -3.86. The van der Waals surface area contributed by atoms with Crippen LogP contribution in [0.3, 0.4) is 0 Å². The second-order valence-electron chi connectivity index (χ2n) is 5.21. The van der Waals surface area contributed by atoms with Crippen molar-refractivity contribution in [3.05, 3.63) is 78.4 Å². The smallest absolute Gasteiger partial charge is 0.241 e. The number of hydrogen-bond acceptors (Lipinski definition) is 3. The second-order valence-corrected chi connectivity index (χ2v) is 6.94. The van der Waals surface area contributed by atoms with Crippen molar-refractivity contribution >= 4 is 10.0 Å². The number of nitrogens with zero attached hydrogens (tertiary/aromatic N) is 2. The quantitative estimate of drug-likeness (QED) is 0.747. The predicted molar refractivity (Wildman–Crippen MR) is 88.9 cm³/mol. The first-order chi connectivity index (χ1) is 11.6. The Morgan fingerprint density at radius 1 is 1.04 bits per heavy atom. The summed E-state index contributed by atoms with van der Waals surface area (Å²) in [6, 6.07) is 14.9. The maximum absolute atomic E-state index is 13.6. The minimum absolute atomic E-state index is 0.164. The van der Waals surface area contributed by atoms with Crippen LogP contribution >= 0.6 is 0 Å². The molecule has 2 aromatic carbocycles. The normalized spacial score (nSPS) is 11.5. The molecule has 0 aliphatic heterocycles. The van der Waals surface area contributed by atoms with Crippen LogP contribution in [0, 0.1) is 5.82 Å². The van der Waals surface area contributed by atoms with Gasteiger partial charge in [0, 0.05) is 12.7 Å². The fraction of sp³-hybridized carbons (Fsp3) is 0.118. The molecule has 0 amide bonds. The fourth-order valence-corrected chi connectivity index (χ4v) is 3.39. The summed E-state index contributed by atoms with van der Waals surface area (Å²) in [5.74, 6) is -0.762. The first-order valence-electron chi connectivity index (χ1n) is 7.39. The van der Waals surface area contributed by atoms with E-state index < -0.39 is 15.8 Å². The van der Waals surface area contributed by atoms with E-state index >= 15 is 0 Å². The molecule has 0 aliphatic rings. The SMILES string of the molecule is O=S(=O)(NCCc1cnn(-c2ccccc2)c1)c1ccccc1F. The molecule has 0 aliphatic carbocycles. The summed E-state index contributed by atoms with van der Waals surface area (Å²) in [6.07, 6.45) is 3.98. The molecule has 0 atom stereocenters.